The van der Waals surface area contributed by atoms with Gasteiger partial charge in [-0.1, -0.05) is 18.2 Å². The molecule has 2 N–H and O–H groups in total. The second-order valence-electron chi connectivity index (χ2n) is 5.34. The largest absolute Gasteiger partial charge is 0.462 e. The fourth-order valence-electron chi connectivity index (χ4n) is 2.21. The third-order valence-electron chi connectivity index (χ3n) is 3.38. The maximum absolute atomic E-state index is 11.9. The van der Waals surface area contributed by atoms with Crippen molar-refractivity contribution >= 4 is 29.0 Å². The standard InChI is InChI=1S/C20H18N2O2/c1-15-7-12-19(24-15)13-14-20(23)22-18-10-8-17(9-11-18)21-16-5-3-2-4-6-16/h2-14,21H,1H3,(H,22,23). The number of nitrogens with one attached hydrogen (secondary N) is 2. The van der Waals surface area contributed by atoms with Gasteiger partial charge in [0.2, 0.25) is 5.91 Å². The molecule has 0 spiro atoms. The highest BCUT2D eigenvalue weighted by Gasteiger charge is 2.00. The fraction of sp³-hybridized carbons (Fsp3) is 0.0500. The smallest absolute Gasteiger partial charge is 0.248 e. The van der Waals surface area contributed by atoms with Gasteiger partial charge in [0.25, 0.3) is 0 Å². The first-order valence-electron chi connectivity index (χ1n) is 7.67. The molecule has 0 aliphatic carbocycles. The normalized spacial score (nSPS) is 10.7. The van der Waals surface area contributed by atoms with Gasteiger partial charge in [0, 0.05) is 23.1 Å². The minimum absolute atomic E-state index is 0.201. The number of rotatable bonds is 5. The van der Waals surface area contributed by atoms with E-state index in [1.54, 1.807) is 6.08 Å². The minimum atomic E-state index is -0.201. The van der Waals surface area contributed by atoms with Gasteiger partial charge >= 0.3 is 0 Å². The van der Waals surface area contributed by atoms with Crippen molar-refractivity contribution in [3.63, 3.8) is 0 Å². The van der Waals surface area contributed by atoms with E-state index in [9.17, 15) is 4.79 Å². The van der Waals surface area contributed by atoms with E-state index in [0.29, 0.717) is 5.76 Å². The van der Waals surface area contributed by atoms with E-state index in [-0.39, 0.29) is 5.91 Å². The molecular formula is C20H18N2O2. The lowest BCUT2D eigenvalue weighted by molar-refractivity contribution is -0.111. The van der Waals surface area contributed by atoms with Gasteiger partial charge in [-0.3, -0.25) is 4.79 Å². The van der Waals surface area contributed by atoms with Crippen LogP contribution in [0.15, 0.2) is 77.2 Å². The molecule has 0 aliphatic rings. The second kappa shape index (κ2) is 7.33. The molecule has 0 saturated heterocycles. The SMILES string of the molecule is Cc1ccc(C=CC(=O)Nc2ccc(Nc3ccccc3)cc2)o1. The van der Waals surface area contributed by atoms with E-state index in [4.69, 9.17) is 4.42 Å². The van der Waals surface area contributed by atoms with Gasteiger partial charge in [-0.25, -0.2) is 0 Å². The Balaban J connectivity index is 1.57. The van der Waals surface area contributed by atoms with Gasteiger partial charge in [0.1, 0.15) is 11.5 Å². The zero-order chi connectivity index (χ0) is 16.8. The minimum Gasteiger partial charge on any atom is -0.462 e. The van der Waals surface area contributed by atoms with Crippen LogP contribution >= 0.6 is 0 Å². The van der Waals surface area contributed by atoms with Gasteiger partial charge < -0.3 is 15.1 Å². The molecule has 1 heterocycles. The lowest BCUT2D eigenvalue weighted by atomic mass is 10.2. The number of benzene rings is 2. The summed E-state index contributed by atoms with van der Waals surface area (Å²) >= 11 is 0. The Morgan fingerprint density at radius 1 is 0.875 bits per heavy atom. The molecule has 24 heavy (non-hydrogen) atoms. The lowest BCUT2D eigenvalue weighted by Crippen LogP contribution is -2.07. The van der Waals surface area contributed by atoms with Crippen LogP contribution in [-0.2, 0) is 4.79 Å². The number of carbonyl (C=O) groups excluding carboxylic acids is 1. The molecule has 3 aromatic rings. The van der Waals surface area contributed by atoms with Crippen molar-refractivity contribution in [1.29, 1.82) is 0 Å². The Labute approximate surface area is 140 Å². The third kappa shape index (κ3) is 4.36. The molecule has 4 nitrogen and oxygen atoms in total. The van der Waals surface area contributed by atoms with E-state index in [1.807, 2.05) is 73.7 Å². The third-order valence-corrected chi connectivity index (χ3v) is 3.38. The summed E-state index contributed by atoms with van der Waals surface area (Å²) in [6, 6.07) is 21.1. The highest BCUT2D eigenvalue weighted by Crippen LogP contribution is 2.18. The van der Waals surface area contributed by atoms with Crippen LogP contribution in [0.5, 0.6) is 0 Å². The Bertz CT molecular complexity index is 834. The van der Waals surface area contributed by atoms with Crippen LogP contribution in [0.2, 0.25) is 0 Å². The Morgan fingerprint density at radius 3 is 2.21 bits per heavy atom. The molecule has 0 bridgehead atoms. The summed E-state index contributed by atoms with van der Waals surface area (Å²) in [5, 5.41) is 6.11. The van der Waals surface area contributed by atoms with Gasteiger partial charge in [-0.05, 0) is 61.5 Å². The molecule has 2 aromatic carbocycles. The number of carbonyl (C=O) groups is 1. The van der Waals surface area contributed by atoms with Gasteiger partial charge in [-0.15, -0.1) is 0 Å². The first-order chi connectivity index (χ1) is 11.7. The summed E-state index contributed by atoms with van der Waals surface area (Å²) in [6.45, 7) is 1.86. The summed E-state index contributed by atoms with van der Waals surface area (Å²) in [7, 11) is 0. The summed E-state index contributed by atoms with van der Waals surface area (Å²) < 4.78 is 5.38. The van der Waals surface area contributed by atoms with Crippen LogP contribution in [0.1, 0.15) is 11.5 Å². The van der Waals surface area contributed by atoms with Crippen molar-refractivity contribution in [2.45, 2.75) is 6.92 Å². The van der Waals surface area contributed by atoms with Gasteiger partial charge in [-0.2, -0.15) is 0 Å². The predicted molar refractivity (Wildman–Crippen MR) is 97.3 cm³/mol. The van der Waals surface area contributed by atoms with Crippen molar-refractivity contribution in [2.75, 3.05) is 10.6 Å². The van der Waals surface area contributed by atoms with Crippen LogP contribution in [0.25, 0.3) is 6.08 Å². The van der Waals surface area contributed by atoms with Crippen molar-refractivity contribution in [2.24, 2.45) is 0 Å². The average Bonchev–Trinajstić information content (AvgIpc) is 3.01. The molecular weight excluding hydrogens is 300 g/mol. The molecule has 1 amide bonds. The van der Waals surface area contributed by atoms with E-state index in [1.165, 1.54) is 6.08 Å². The number of aryl methyl sites for hydroxylation is 1. The van der Waals surface area contributed by atoms with Crippen molar-refractivity contribution in [3.8, 4) is 0 Å². The van der Waals surface area contributed by atoms with Crippen LogP contribution < -0.4 is 10.6 Å². The van der Waals surface area contributed by atoms with E-state index in [2.05, 4.69) is 10.6 Å². The Kier molecular flexibility index (Phi) is 4.77. The maximum Gasteiger partial charge on any atom is 0.248 e. The number of furan rings is 1. The van der Waals surface area contributed by atoms with Gasteiger partial charge in [0.05, 0.1) is 0 Å². The predicted octanol–water partition coefficient (Wildman–Crippen LogP) is 4.98. The molecule has 0 fully saturated rings. The zero-order valence-corrected chi connectivity index (χ0v) is 13.3. The zero-order valence-electron chi connectivity index (χ0n) is 13.3. The van der Waals surface area contributed by atoms with E-state index < -0.39 is 0 Å². The van der Waals surface area contributed by atoms with E-state index >= 15 is 0 Å². The molecule has 4 heteroatoms. The summed E-state index contributed by atoms with van der Waals surface area (Å²) in [6.07, 6.45) is 3.10. The van der Waals surface area contributed by atoms with Crippen molar-refractivity contribution in [1.82, 2.24) is 0 Å². The Hall–Kier alpha value is -3.27. The molecule has 0 saturated carbocycles. The fourth-order valence-corrected chi connectivity index (χ4v) is 2.21. The second-order valence-corrected chi connectivity index (χ2v) is 5.34. The maximum atomic E-state index is 11.9. The number of hydrogen-bond acceptors (Lipinski definition) is 3. The van der Waals surface area contributed by atoms with Crippen LogP contribution in [0, 0.1) is 6.92 Å². The molecule has 1 aromatic heterocycles. The first kappa shape index (κ1) is 15.6. The number of anilines is 3. The lowest BCUT2D eigenvalue weighted by Gasteiger charge is -2.07. The summed E-state index contributed by atoms with van der Waals surface area (Å²) in [5.41, 5.74) is 2.71. The summed E-state index contributed by atoms with van der Waals surface area (Å²) in [5.74, 6) is 1.27. The van der Waals surface area contributed by atoms with Crippen molar-refractivity contribution in [3.05, 3.63) is 84.3 Å². The molecule has 0 unspecified atom stereocenters. The molecule has 3 rings (SSSR count). The monoisotopic (exact) mass is 318 g/mol. The molecule has 0 atom stereocenters. The van der Waals surface area contributed by atoms with Crippen LogP contribution in [0.3, 0.4) is 0 Å². The highest BCUT2D eigenvalue weighted by molar-refractivity contribution is 6.01. The molecule has 0 radical (unpaired) electrons. The Morgan fingerprint density at radius 2 is 1.54 bits per heavy atom. The van der Waals surface area contributed by atoms with Crippen LogP contribution in [-0.4, -0.2) is 5.91 Å². The highest BCUT2D eigenvalue weighted by atomic mass is 16.3. The summed E-state index contributed by atoms with van der Waals surface area (Å²) in [4.78, 5) is 11.9. The number of amides is 1. The van der Waals surface area contributed by atoms with Gasteiger partial charge in [0.15, 0.2) is 0 Å². The van der Waals surface area contributed by atoms with Crippen LogP contribution in [0.4, 0.5) is 17.1 Å². The molecule has 0 aliphatic heterocycles. The average molecular weight is 318 g/mol. The molecule has 120 valence electrons. The first-order valence-corrected chi connectivity index (χ1v) is 7.67. The van der Waals surface area contributed by atoms with Crippen molar-refractivity contribution < 1.29 is 9.21 Å². The number of hydrogen-bond donors (Lipinski definition) is 2. The number of para-hydroxylation sites is 1. The quantitative estimate of drug-likeness (QED) is 0.652. The van der Waals surface area contributed by atoms with E-state index in [0.717, 1.165) is 22.8 Å². The topological polar surface area (TPSA) is 54.3 Å².